The van der Waals surface area contributed by atoms with Crippen LogP contribution >= 0.6 is 23.1 Å². The molecule has 11 heteroatoms. The molecule has 0 spiro atoms. The van der Waals surface area contributed by atoms with Crippen molar-refractivity contribution in [2.24, 2.45) is 0 Å². The Morgan fingerprint density at radius 1 is 1.00 bits per heavy atom. The molecule has 0 atom stereocenters. The van der Waals surface area contributed by atoms with Gasteiger partial charge < -0.3 is 24.8 Å². The minimum absolute atomic E-state index is 0.150. The second-order valence-electron chi connectivity index (χ2n) is 6.44. The predicted molar refractivity (Wildman–Crippen MR) is 122 cm³/mol. The van der Waals surface area contributed by atoms with E-state index in [1.54, 1.807) is 45.6 Å². The van der Waals surface area contributed by atoms with Gasteiger partial charge >= 0.3 is 0 Å². The zero-order chi connectivity index (χ0) is 22.9. The first-order valence-corrected chi connectivity index (χ1v) is 11.3. The zero-order valence-corrected chi connectivity index (χ0v) is 19.4. The third-order valence-electron chi connectivity index (χ3n) is 4.35. The van der Waals surface area contributed by atoms with Crippen LogP contribution in [0.3, 0.4) is 0 Å². The summed E-state index contributed by atoms with van der Waals surface area (Å²) in [5, 5.41) is 14.8. The maximum absolute atomic E-state index is 13.0. The van der Waals surface area contributed by atoms with E-state index in [1.165, 1.54) is 35.2 Å². The lowest BCUT2D eigenvalue weighted by Crippen LogP contribution is -2.24. The van der Waals surface area contributed by atoms with E-state index in [4.69, 9.17) is 14.2 Å². The van der Waals surface area contributed by atoms with Gasteiger partial charge in [-0.05, 0) is 23.8 Å². The average molecular weight is 479 g/mol. The number of carbonyl (C=O) groups is 1. The van der Waals surface area contributed by atoms with Gasteiger partial charge in [0, 0.05) is 24.7 Å². The highest BCUT2D eigenvalue weighted by Crippen LogP contribution is 2.34. The molecule has 2 aromatic carbocycles. The number of anilines is 1. The van der Waals surface area contributed by atoms with Crippen molar-refractivity contribution in [3.8, 4) is 17.2 Å². The molecule has 32 heavy (non-hydrogen) atoms. The van der Waals surface area contributed by atoms with Gasteiger partial charge in [0.1, 0.15) is 11.6 Å². The monoisotopic (exact) mass is 478 g/mol. The van der Waals surface area contributed by atoms with Crippen LogP contribution in [0.4, 0.5) is 9.52 Å². The molecular weight excluding hydrogens is 455 g/mol. The van der Waals surface area contributed by atoms with Crippen LogP contribution in [-0.4, -0.2) is 43.2 Å². The Morgan fingerprint density at radius 2 is 1.69 bits per heavy atom. The van der Waals surface area contributed by atoms with Gasteiger partial charge in [0.05, 0.1) is 27.1 Å². The number of amides is 1. The van der Waals surface area contributed by atoms with E-state index < -0.39 is 0 Å². The zero-order valence-electron chi connectivity index (χ0n) is 17.8. The van der Waals surface area contributed by atoms with Crippen molar-refractivity contribution in [1.29, 1.82) is 0 Å². The molecule has 1 aromatic heterocycles. The van der Waals surface area contributed by atoms with Gasteiger partial charge in [0.15, 0.2) is 15.8 Å². The van der Waals surface area contributed by atoms with Crippen LogP contribution in [0.25, 0.3) is 0 Å². The molecule has 1 heterocycles. The normalized spacial score (nSPS) is 10.5. The van der Waals surface area contributed by atoms with Crippen molar-refractivity contribution in [1.82, 2.24) is 15.5 Å². The lowest BCUT2D eigenvalue weighted by atomic mass is 10.1. The van der Waals surface area contributed by atoms with Gasteiger partial charge in [-0.25, -0.2) is 4.39 Å². The molecule has 170 valence electrons. The van der Waals surface area contributed by atoms with Gasteiger partial charge in [-0.15, -0.1) is 10.2 Å². The number of hydrogen-bond acceptors (Lipinski definition) is 9. The molecular formula is C21H23FN4O4S2. The van der Waals surface area contributed by atoms with Gasteiger partial charge in [0.2, 0.25) is 11.0 Å². The third kappa shape index (κ3) is 6.47. The van der Waals surface area contributed by atoms with E-state index >= 15 is 0 Å². The number of aromatic nitrogens is 2. The summed E-state index contributed by atoms with van der Waals surface area (Å²) in [5.41, 5.74) is 1.70. The standard InChI is InChI=1S/C21H23FN4O4S2/c1-28-16-9-18(30-3)17(29-2)8-14(16)11-23-19(27)12-31-21-26-25-20(32-21)24-10-13-4-6-15(22)7-5-13/h4-9H,10-12H2,1-3H3,(H,23,27)(H,24,25). The first kappa shape index (κ1) is 23.6. The Kier molecular flexibility index (Phi) is 8.51. The molecule has 0 aliphatic rings. The second-order valence-corrected chi connectivity index (χ2v) is 8.64. The Bertz CT molecular complexity index is 1050. The van der Waals surface area contributed by atoms with Crippen LogP contribution in [0, 0.1) is 5.82 Å². The van der Waals surface area contributed by atoms with Gasteiger partial charge in [0.25, 0.3) is 0 Å². The highest BCUT2D eigenvalue weighted by Gasteiger charge is 2.13. The van der Waals surface area contributed by atoms with E-state index in [-0.39, 0.29) is 24.0 Å². The summed E-state index contributed by atoms with van der Waals surface area (Å²) in [5.74, 6) is 1.48. The lowest BCUT2D eigenvalue weighted by Gasteiger charge is -2.14. The number of methoxy groups -OCH3 is 3. The van der Waals surface area contributed by atoms with E-state index in [0.29, 0.717) is 33.3 Å². The largest absolute Gasteiger partial charge is 0.496 e. The fourth-order valence-electron chi connectivity index (χ4n) is 2.72. The minimum Gasteiger partial charge on any atom is -0.496 e. The number of carbonyl (C=O) groups excluding carboxylic acids is 1. The van der Waals surface area contributed by atoms with Crippen molar-refractivity contribution in [3.63, 3.8) is 0 Å². The van der Waals surface area contributed by atoms with E-state index in [0.717, 1.165) is 11.1 Å². The summed E-state index contributed by atoms with van der Waals surface area (Å²) in [4.78, 5) is 12.3. The number of nitrogens with zero attached hydrogens (tertiary/aromatic N) is 2. The topological polar surface area (TPSA) is 94.6 Å². The quantitative estimate of drug-likeness (QED) is 0.403. The van der Waals surface area contributed by atoms with Gasteiger partial charge in [-0.2, -0.15) is 0 Å². The molecule has 0 saturated heterocycles. The maximum Gasteiger partial charge on any atom is 0.230 e. The molecule has 3 rings (SSSR count). The number of ether oxygens (including phenoxy) is 3. The molecule has 0 unspecified atom stereocenters. The first-order chi connectivity index (χ1) is 15.5. The molecule has 0 saturated carbocycles. The molecule has 0 aliphatic heterocycles. The molecule has 0 fully saturated rings. The Labute approximate surface area is 193 Å². The van der Waals surface area contributed by atoms with Crippen LogP contribution < -0.4 is 24.8 Å². The molecule has 2 N–H and O–H groups in total. The summed E-state index contributed by atoms with van der Waals surface area (Å²) >= 11 is 2.65. The van der Waals surface area contributed by atoms with Crippen LogP contribution in [-0.2, 0) is 17.9 Å². The number of halogens is 1. The van der Waals surface area contributed by atoms with E-state index in [2.05, 4.69) is 20.8 Å². The first-order valence-electron chi connectivity index (χ1n) is 9.52. The molecule has 0 radical (unpaired) electrons. The highest BCUT2D eigenvalue weighted by atomic mass is 32.2. The average Bonchev–Trinajstić information content (AvgIpc) is 3.28. The predicted octanol–water partition coefficient (Wildman–Crippen LogP) is 3.72. The molecule has 8 nitrogen and oxygen atoms in total. The van der Waals surface area contributed by atoms with Gasteiger partial charge in [-0.3, -0.25) is 4.79 Å². The summed E-state index contributed by atoms with van der Waals surface area (Å²) in [6.07, 6.45) is 0. The van der Waals surface area contributed by atoms with Crippen molar-refractivity contribution >= 4 is 34.1 Å². The maximum atomic E-state index is 13.0. The number of hydrogen-bond donors (Lipinski definition) is 2. The number of thioether (sulfide) groups is 1. The van der Waals surface area contributed by atoms with Crippen molar-refractivity contribution < 1.29 is 23.4 Å². The van der Waals surface area contributed by atoms with Crippen LogP contribution in [0.15, 0.2) is 40.7 Å². The summed E-state index contributed by atoms with van der Waals surface area (Å²) in [7, 11) is 4.65. The fraction of sp³-hybridized carbons (Fsp3) is 0.286. The Hall–Kier alpha value is -3.05. The molecule has 0 bridgehead atoms. The fourth-order valence-corrected chi connectivity index (χ4v) is 4.30. The molecule has 3 aromatic rings. The third-order valence-corrected chi connectivity index (χ3v) is 6.37. The van der Waals surface area contributed by atoms with E-state index in [1.807, 2.05) is 0 Å². The second kappa shape index (κ2) is 11.5. The minimum atomic E-state index is -0.272. The van der Waals surface area contributed by atoms with Crippen LogP contribution in [0.2, 0.25) is 0 Å². The van der Waals surface area contributed by atoms with Crippen LogP contribution in [0.5, 0.6) is 17.2 Å². The Morgan fingerprint density at radius 3 is 2.38 bits per heavy atom. The van der Waals surface area contributed by atoms with Crippen molar-refractivity contribution in [2.45, 2.75) is 17.4 Å². The van der Waals surface area contributed by atoms with Crippen molar-refractivity contribution in [2.75, 3.05) is 32.4 Å². The number of rotatable bonds is 11. The smallest absolute Gasteiger partial charge is 0.230 e. The van der Waals surface area contributed by atoms with Gasteiger partial charge in [-0.1, -0.05) is 35.2 Å². The summed E-state index contributed by atoms with van der Waals surface area (Å²) in [6, 6.07) is 9.72. The summed E-state index contributed by atoms with van der Waals surface area (Å²) in [6.45, 7) is 0.788. The summed E-state index contributed by atoms with van der Waals surface area (Å²) < 4.78 is 29.6. The Balaban J connectivity index is 1.48. The van der Waals surface area contributed by atoms with E-state index in [9.17, 15) is 9.18 Å². The van der Waals surface area contributed by atoms with Crippen LogP contribution in [0.1, 0.15) is 11.1 Å². The number of nitrogens with one attached hydrogen (secondary N) is 2. The highest BCUT2D eigenvalue weighted by molar-refractivity contribution is 8.01. The SMILES string of the molecule is COc1cc(OC)c(OC)cc1CNC(=O)CSc1nnc(NCc2ccc(F)cc2)s1. The number of benzene rings is 2. The van der Waals surface area contributed by atoms with Crippen molar-refractivity contribution in [3.05, 3.63) is 53.3 Å². The molecule has 0 aliphatic carbocycles. The lowest BCUT2D eigenvalue weighted by molar-refractivity contribution is -0.118. The molecule has 1 amide bonds.